The van der Waals surface area contributed by atoms with Gasteiger partial charge < -0.3 is 29.3 Å². The maximum Gasteiger partial charge on any atom is 0.256 e. The van der Waals surface area contributed by atoms with Crippen molar-refractivity contribution >= 4 is 23.2 Å². The van der Waals surface area contributed by atoms with E-state index in [2.05, 4.69) is 10.2 Å². The number of amides is 2. The van der Waals surface area contributed by atoms with Crippen LogP contribution in [0.25, 0.3) is 0 Å². The Kier molecular flexibility index (Phi) is 9.25. The predicted octanol–water partition coefficient (Wildman–Crippen LogP) is 5.24. The Labute approximate surface area is 228 Å². The van der Waals surface area contributed by atoms with Gasteiger partial charge in [-0.1, -0.05) is 12.1 Å². The molecule has 2 amide bonds. The fraction of sp³-hybridized carbons (Fsp3) is 0.333. The first-order valence-electron chi connectivity index (χ1n) is 13.2. The number of hydrogen-bond acceptors (Lipinski definition) is 6. The van der Waals surface area contributed by atoms with Crippen molar-refractivity contribution < 1.29 is 28.2 Å². The molecule has 1 aliphatic heterocycles. The van der Waals surface area contributed by atoms with Crippen LogP contribution in [0.1, 0.15) is 41.5 Å². The van der Waals surface area contributed by atoms with Crippen LogP contribution >= 0.6 is 0 Å². The molecule has 1 N–H and O–H groups in total. The minimum atomic E-state index is -0.504. The predicted molar refractivity (Wildman–Crippen MR) is 149 cm³/mol. The Morgan fingerprint density at radius 1 is 0.821 bits per heavy atom. The third-order valence-electron chi connectivity index (χ3n) is 6.33. The quantitative estimate of drug-likeness (QED) is 0.383. The number of anilines is 2. The number of rotatable bonds is 10. The minimum absolute atomic E-state index is 0.0975. The molecule has 0 radical (unpaired) electrons. The van der Waals surface area contributed by atoms with Crippen molar-refractivity contribution in [2.45, 2.75) is 20.8 Å². The summed E-state index contributed by atoms with van der Waals surface area (Å²) in [5.41, 5.74) is 2.11. The average Bonchev–Trinajstić information content (AvgIpc) is 2.95. The van der Waals surface area contributed by atoms with Gasteiger partial charge >= 0.3 is 0 Å². The van der Waals surface area contributed by atoms with Gasteiger partial charge in [0.1, 0.15) is 5.82 Å². The molecule has 0 aliphatic carbocycles. The molecule has 3 aromatic carbocycles. The summed E-state index contributed by atoms with van der Waals surface area (Å²) >= 11 is 0. The number of piperazine rings is 1. The number of halogens is 1. The first kappa shape index (κ1) is 27.8. The Morgan fingerprint density at radius 2 is 1.41 bits per heavy atom. The molecule has 1 aliphatic rings. The summed E-state index contributed by atoms with van der Waals surface area (Å²) in [4.78, 5) is 29.6. The maximum atomic E-state index is 14.0. The van der Waals surface area contributed by atoms with Crippen molar-refractivity contribution in [2.75, 3.05) is 56.2 Å². The number of benzene rings is 3. The Bertz CT molecular complexity index is 1260. The smallest absolute Gasteiger partial charge is 0.256 e. The van der Waals surface area contributed by atoms with Crippen molar-refractivity contribution in [3.05, 3.63) is 77.6 Å². The van der Waals surface area contributed by atoms with E-state index >= 15 is 0 Å². The average molecular weight is 536 g/mol. The third kappa shape index (κ3) is 6.60. The lowest BCUT2D eigenvalue weighted by Gasteiger charge is -2.36. The molecule has 39 heavy (non-hydrogen) atoms. The highest BCUT2D eigenvalue weighted by atomic mass is 19.1. The van der Waals surface area contributed by atoms with Gasteiger partial charge in [-0.25, -0.2) is 4.39 Å². The number of carbonyl (C=O) groups is 2. The van der Waals surface area contributed by atoms with Crippen molar-refractivity contribution in [3.8, 4) is 17.2 Å². The summed E-state index contributed by atoms with van der Waals surface area (Å²) in [6.45, 7) is 9.12. The molecule has 0 unspecified atom stereocenters. The van der Waals surface area contributed by atoms with Crippen LogP contribution in [0.5, 0.6) is 17.2 Å². The van der Waals surface area contributed by atoms with E-state index < -0.39 is 5.82 Å². The summed E-state index contributed by atoms with van der Waals surface area (Å²) < 4.78 is 31.2. The van der Waals surface area contributed by atoms with Crippen LogP contribution < -0.4 is 24.4 Å². The maximum absolute atomic E-state index is 14.0. The molecular weight excluding hydrogens is 501 g/mol. The van der Waals surface area contributed by atoms with Crippen LogP contribution in [0.4, 0.5) is 15.8 Å². The van der Waals surface area contributed by atoms with E-state index in [9.17, 15) is 14.0 Å². The van der Waals surface area contributed by atoms with Gasteiger partial charge in [-0.05, 0) is 69.3 Å². The van der Waals surface area contributed by atoms with Crippen LogP contribution in [-0.2, 0) is 0 Å². The molecule has 0 bridgehead atoms. The normalized spacial score (nSPS) is 13.1. The van der Waals surface area contributed by atoms with Crippen molar-refractivity contribution in [2.24, 2.45) is 0 Å². The molecule has 0 saturated carbocycles. The first-order chi connectivity index (χ1) is 18.9. The Hall–Kier alpha value is -4.27. The lowest BCUT2D eigenvalue weighted by molar-refractivity contribution is 0.0742. The van der Waals surface area contributed by atoms with Gasteiger partial charge in [0.05, 0.1) is 25.4 Å². The van der Waals surface area contributed by atoms with Crippen LogP contribution in [0.3, 0.4) is 0 Å². The van der Waals surface area contributed by atoms with Gasteiger partial charge in [-0.3, -0.25) is 9.59 Å². The number of ether oxygens (including phenoxy) is 3. The summed E-state index contributed by atoms with van der Waals surface area (Å²) in [5, 5.41) is 2.93. The van der Waals surface area contributed by atoms with Crippen LogP contribution in [0, 0.1) is 5.82 Å². The zero-order chi connectivity index (χ0) is 27.8. The Morgan fingerprint density at radius 3 is 1.97 bits per heavy atom. The van der Waals surface area contributed by atoms with Gasteiger partial charge in [0, 0.05) is 43.1 Å². The molecule has 4 rings (SSSR count). The van der Waals surface area contributed by atoms with Gasteiger partial charge in [0.25, 0.3) is 11.8 Å². The second-order valence-electron chi connectivity index (χ2n) is 8.86. The molecule has 1 heterocycles. The topological polar surface area (TPSA) is 80.3 Å². The van der Waals surface area contributed by atoms with E-state index in [-0.39, 0.29) is 17.4 Å². The lowest BCUT2D eigenvalue weighted by atomic mass is 10.1. The zero-order valence-electron chi connectivity index (χ0n) is 22.5. The second kappa shape index (κ2) is 13.0. The van der Waals surface area contributed by atoms with Gasteiger partial charge in [-0.15, -0.1) is 0 Å². The molecule has 1 saturated heterocycles. The van der Waals surface area contributed by atoms with E-state index in [0.717, 1.165) is 5.69 Å². The Balaban J connectivity index is 1.40. The summed E-state index contributed by atoms with van der Waals surface area (Å²) in [6.07, 6.45) is 0. The summed E-state index contributed by atoms with van der Waals surface area (Å²) in [7, 11) is 0. The molecule has 3 aromatic rings. The highest BCUT2D eigenvalue weighted by Crippen LogP contribution is 2.39. The second-order valence-corrected chi connectivity index (χ2v) is 8.86. The number of hydrogen-bond donors (Lipinski definition) is 1. The van der Waals surface area contributed by atoms with Crippen molar-refractivity contribution in [1.82, 2.24) is 4.90 Å². The van der Waals surface area contributed by atoms with Crippen LogP contribution in [0.2, 0.25) is 0 Å². The first-order valence-corrected chi connectivity index (χ1v) is 13.2. The van der Waals surface area contributed by atoms with Crippen molar-refractivity contribution in [3.63, 3.8) is 0 Å². The minimum Gasteiger partial charge on any atom is -0.490 e. The highest BCUT2D eigenvalue weighted by Gasteiger charge is 2.24. The lowest BCUT2D eigenvalue weighted by Crippen LogP contribution is -2.49. The summed E-state index contributed by atoms with van der Waals surface area (Å²) in [5.74, 6) is 0.304. The van der Waals surface area contributed by atoms with Gasteiger partial charge in [-0.2, -0.15) is 0 Å². The molecular formula is C30H34FN3O5. The standard InChI is InChI=1S/C30H34FN3O5/c1-4-37-26-19-21(20-27(38-5-2)28(26)39-6-3)29(35)32-22-11-13-23(14-12-22)33-15-17-34(18-16-33)30(36)24-9-7-8-10-25(24)31/h7-14,19-20H,4-6,15-18H2,1-3H3,(H,32,35). The van der Waals surface area contributed by atoms with Crippen molar-refractivity contribution in [1.29, 1.82) is 0 Å². The SMILES string of the molecule is CCOc1cc(C(=O)Nc2ccc(N3CCN(C(=O)c4ccccc4F)CC3)cc2)cc(OCC)c1OCC. The van der Waals surface area contributed by atoms with E-state index in [1.807, 2.05) is 45.0 Å². The van der Waals surface area contributed by atoms with Crippen LogP contribution in [-0.4, -0.2) is 62.7 Å². The van der Waals surface area contributed by atoms with E-state index in [4.69, 9.17) is 14.2 Å². The van der Waals surface area contributed by atoms with Gasteiger partial charge in [0.2, 0.25) is 5.75 Å². The molecule has 8 nitrogen and oxygen atoms in total. The fourth-order valence-electron chi connectivity index (χ4n) is 4.45. The van der Waals surface area contributed by atoms with E-state index in [1.54, 1.807) is 29.2 Å². The summed E-state index contributed by atoms with van der Waals surface area (Å²) in [6, 6.07) is 16.9. The zero-order valence-corrected chi connectivity index (χ0v) is 22.5. The molecule has 0 spiro atoms. The fourth-order valence-corrected chi connectivity index (χ4v) is 4.45. The molecule has 0 atom stereocenters. The molecule has 206 valence electrons. The molecule has 0 aromatic heterocycles. The number of nitrogens with zero attached hydrogens (tertiary/aromatic N) is 2. The van der Waals surface area contributed by atoms with E-state index in [1.165, 1.54) is 12.1 Å². The molecule has 1 fully saturated rings. The molecule has 9 heteroatoms. The highest BCUT2D eigenvalue weighted by molar-refractivity contribution is 6.05. The number of nitrogens with one attached hydrogen (secondary N) is 1. The third-order valence-corrected chi connectivity index (χ3v) is 6.33. The van der Waals surface area contributed by atoms with Crippen LogP contribution in [0.15, 0.2) is 60.7 Å². The monoisotopic (exact) mass is 535 g/mol. The number of carbonyl (C=O) groups excluding carboxylic acids is 2. The largest absolute Gasteiger partial charge is 0.490 e. The van der Waals surface area contributed by atoms with E-state index in [0.29, 0.717) is 74.5 Å². The van der Waals surface area contributed by atoms with Gasteiger partial charge in [0.15, 0.2) is 11.5 Å².